The molecule has 3 rings (SSSR count). The van der Waals surface area contributed by atoms with Crippen LogP contribution in [-0.2, 0) is 10.0 Å². The topological polar surface area (TPSA) is 66.9 Å². The molecule has 1 saturated heterocycles. The lowest BCUT2D eigenvalue weighted by molar-refractivity contribution is 0.0773. The number of carbonyl (C=O) groups is 1. The molecule has 162 valence electrons. The maximum absolute atomic E-state index is 13.0. The summed E-state index contributed by atoms with van der Waals surface area (Å²) in [4.78, 5) is 14.7. The van der Waals surface area contributed by atoms with E-state index in [0.29, 0.717) is 31.8 Å². The molecule has 30 heavy (non-hydrogen) atoms. The molecule has 1 fully saturated rings. The van der Waals surface area contributed by atoms with Gasteiger partial charge in [-0.3, -0.25) is 4.79 Å². The van der Waals surface area contributed by atoms with Gasteiger partial charge >= 0.3 is 0 Å². The largest absolute Gasteiger partial charge is 0.492 e. The summed E-state index contributed by atoms with van der Waals surface area (Å²) in [5.74, 6) is 0.544. The van der Waals surface area contributed by atoms with Crippen LogP contribution in [0.2, 0.25) is 0 Å². The van der Waals surface area contributed by atoms with E-state index in [4.69, 9.17) is 4.74 Å². The van der Waals surface area contributed by atoms with E-state index in [2.05, 4.69) is 0 Å². The highest BCUT2D eigenvalue weighted by Crippen LogP contribution is 2.23. The number of ether oxygens (including phenoxy) is 1. The fraction of sp³-hybridized carbons (Fsp3) is 0.435. The molecular weight excluding hydrogens is 400 g/mol. The molecule has 2 aromatic rings. The zero-order valence-electron chi connectivity index (χ0n) is 17.9. The first-order chi connectivity index (χ1) is 14.3. The lowest BCUT2D eigenvalue weighted by Gasteiger charge is -2.26. The predicted octanol–water partition coefficient (Wildman–Crippen LogP) is 3.63. The van der Waals surface area contributed by atoms with Gasteiger partial charge in [0.25, 0.3) is 5.91 Å². The molecule has 0 N–H and O–H groups in total. The Morgan fingerprint density at radius 2 is 1.70 bits per heavy atom. The quantitative estimate of drug-likeness (QED) is 0.673. The van der Waals surface area contributed by atoms with Gasteiger partial charge in [-0.25, -0.2) is 8.42 Å². The number of benzene rings is 2. The summed E-state index contributed by atoms with van der Waals surface area (Å²) in [5.41, 5.74) is 2.32. The van der Waals surface area contributed by atoms with Crippen molar-refractivity contribution in [2.24, 2.45) is 0 Å². The number of aryl methyl sites for hydroxylation is 2. The van der Waals surface area contributed by atoms with Crippen molar-refractivity contribution in [2.45, 2.75) is 38.0 Å². The molecule has 1 aliphatic heterocycles. The zero-order chi connectivity index (χ0) is 21.7. The van der Waals surface area contributed by atoms with Gasteiger partial charge in [-0.2, -0.15) is 4.31 Å². The number of rotatable bonds is 7. The summed E-state index contributed by atoms with van der Waals surface area (Å²) >= 11 is 0. The fourth-order valence-electron chi connectivity index (χ4n) is 3.49. The van der Waals surface area contributed by atoms with E-state index < -0.39 is 10.0 Å². The van der Waals surface area contributed by atoms with Crippen LogP contribution < -0.4 is 4.74 Å². The first kappa shape index (κ1) is 22.3. The summed E-state index contributed by atoms with van der Waals surface area (Å²) < 4.78 is 33.2. The maximum atomic E-state index is 13.0. The minimum atomic E-state index is -3.58. The molecule has 6 nitrogen and oxygen atoms in total. The van der Waals surface area contributed by atoms with Crippen LogP contribution in [0.25, 0.3) is 0 Å². The number of amides is 1. The average Bonchev–Trinajstić information content (AvgIpc) is 2.75. The fourth-order valence-corrected chi connectivity index (χ4v) is 5.03. The third-order valence-electron chi connectivity index (χ3n) is 5.46. The average molecular weight is 431 g/mol. The minimum Gasteiger partial charge on any atom is -0.492 e. The van der Waals surface area contributed by atoms with Crippen LogP contribution in [0.1, 0.15) is 40.7 Å². The van der Waals surface area contributed by atoms with Crippen LogP contribution in [0.5, 0.6) is 5.75 Å². The van der Waals surface area contributed by atoms with Crippen LogP contribution >= 0.6 is 0 Å². The molecule has 1 heterocycles. The van der Waals surface area contributed by atoms with Gasteiger partial charge in [0.05, 0.1) is 11.4 Å². The van der Waals surface area contributed by atoms with E-state index in [1.54, 1.807) is 24.1 Å². The Morgan fingerprint density at radius 1 is 1.03 bits per heavy atom. The van der Waals surface area contributed by atoms with Crippen LogP contribution in [0.3, 0.4) is 0 Å². The molecular formula is C23H30N2O4S. The molecule has 0 spiro atoms. The Hall–Kier alpha value is -2.38. The lowest BCUT2D eigenvalue weighted by atomic mass is 10.1. The highest BCUT2D eigenvalue weighted by Gasteiger charge is 2.27. The highest BCUT2D eigenvalue weighted by molar-refractivity contribution is 7.89. The molecule has 0 aromatic heterocycles. The molecule has 1 aliphatic rings. The van der Waals surface area contributed by atoms with E-state index in [1.807, 2.05) is 38.1 Å². The van der Waals surface area contributed by atoms with Gasteiger partial charge in [-0.05, 0) is 56.5 Å². The third-order valence-corrected chi connectivity index (χ3v) is 7.35. The number of hydrogen-bond acceptors (Lipinski definition) is 4. The monoisotopic (exact) mass is 430 g/mol. The van der Waals surface area contributed by atoms with E-state index in [0.717, 1.165) is 36.1 Å². The SMILES string of the molecule is Cc1ccc(OCCN(C)C(=O)c2cc(S(=O)(=O)N3CCCCC3)ccc2C)cc1. The molecule has 0 bridgehead atoms. The second kappa shape index (κ2) is 9.62. The van der Waals surface area contributed by atoms with Crippen molar-refractivity contribution in [2.75, 3.05) is 33.3 Å². The zero-order valence-corrected chi connectivity index (χ0v) is 18.7. The van der Waals surface area contributed by atoms with Gasteiger partial charge in [-0.1, -0.05) is 30.2 Å². The molecule has 1 amide bonds. The van der Waals surface area contributed by atoms with Crippen molar-refractivity contribution in [3.63, 3.8) is 0 Å². The number of sulfonamides is 1. The number of nitrogens with zero attached hydrogens (tertiary/aromatic N) is 2. The molecule has 0 saturated carbocycles. The first-order valence-electron chi connectivity index (χ1n) is 10.3. The summed E-state index contributed by atoms with van der Waals surface area (Å²) in [6.45, 7) is 5.66. The Kier molecular flexibility index (Phi) is 7.15. The Balaban J connectivity index is 1.68. The second-order valence-corrected chi connectivity index (χ2v) is 9.77. The second-order valence-electron chi connectivity index (χ2n) is 7.83. The summed E-state index contributed by atoms with van der Waals surface area (Å²) in [7, 11) is -1.88. The first-order valence-corrected chi connectivity index (χ1v) is 11.8. The van der Waals surface area contributed by atoms with Crippen molar-refractivity contribution in [1.82, 2.24) is 9.21 Å². The van der Waals surface area contributed by atoms with Crippen molar-refractivity contribution < 1.29 is 17.9 Å². The normalized spacial score (nSPS) is 15.0. The van der Waals surface area contributed by atoms with E-state index in [1.165, 1.54) is 10.4 Å². The molecule has 2 aromatic carbocycles. The number of carbonyl (C=O) groups excluding carboxylic acids is 1. The smallest absolute Gasteiger partial charge is 0.254 e. The Labute approximate surface area is 179 Å². The summed E-state index contributed by atoms with van der Waals surface area (Å²) in [6, 6.07) is 12.6. The maximum Gasteiger partial charge on any atom is 0.254 e. The molecule has 7 heteroatoms. The van der Waals surface area contributed by atoms with Gasteiger partial charge in [0.1, 0.15) is 12.4 Å². The van der Waals surface area contributed by atoms with Gasteiger partial charge in [0.15, 0.2) is 0 Å². The number of piperidine rings is 1. The van der Waals surface area contributed by atoms with Crippen LogP contribution in [0.4, 0.5) is 0 Å². The summed E-state index contributed by atoms with van der Waals surface area (Å²) in [6.07, 6.45) is 2.81. The number of hydrogen-bond donors (Lipinski definition) is 0. The van der Waals surface area contributed by atoms with Gasteiger partial charge in [-0.15, -0.1) is 0 Å². The molecule has 0 radical (unpaired) electrons. The van der Waals surface area contributed by atoms with E-state index in [9.17, 15) is 13.2 Å². The van der Waals surface area contributed by atoms with E-state index >= 15 is 0 Å². The molecule has 0 aliphatic carbocycles. The van der Waals surface area contributed by atoms with Crippen LogP contribution in [-0.4, -0.2) is 56.8 Å². The number of likely N-dealkylation sites (N-methyl/N-ethyl adjacent to an activating group) is 1. The molecule has 0 atom stereocenters. The van der Waals surface area contributed by atoms with Gasteiger partial charge < -0.3 is 9.64 Å². The van der Waals surface area contributed by atoms with E-state index in [-0.39, 0.29) is 10.8 Å². The predicted molar refractivity (Wildman–Crippen MR) is 117 cm³/mol. The van der Waals surface area contributed by atoms with Gasteiger partial charge in [0, 0.05) is 25.7 Å². The third kappa shape index (κ3) is 5.21. The minimum absolute atomic E-state index is 0.183. The Morgan fingerprint density at radius 3 is 2.37 bits per heavy atom. The highest BCUT2D eigenvalue weighted by atomic mass is 32.2. The van der Waals surface area contributed by atoms with Crippen LogP contribution in [0, 0.1) is 13.8 Å². The van der Waals surface area contributed by atoms with Gasteiger partial charge in [0.2, 0.25) is 10.0 Å². The van der Waals surface area contributed by atoms with Crippen molar-refractivity contribution >= 4 is 15.9 Å². The molecule has 0 unspecified atom stereocenters. The Bertz CT molecular complexity index is 981. The van der Waals surface area contributed by atoms with Crippen LogP contribution in [0.15, 0.2) is 47.4 Å². The summed E-state index contributed by atoms with van der Waals surface area (Å²) in [5, 5.41) is 0. The van der Waals surface area contributed by atoms with Crippen molar-refractivity contribution in [3.8, 4) is 5.75 Å². The van der Waals surface area contributed by atoms with Crippen molar-refractivity contribution in [3.05, 3.63) is 59.2 Å². The lowest BCUT2D eigenvalue weighted by Crippen LogP contribution is -2.36. The standard InChI is InChI=1S/C23H30N2O4S/c1-18-7-10-20(11-8-18)29-16-15-24(3)23(26)22-17-21(12-9-19(22)2)30(27,28)25-13-5-4-6-14-25/h7-12,17H,4-6,13-16H2,1-3H3. The van der Waals surface area contributed by atoms with Crippen molar-refractivity contribution in [1.29, 1.82) is 0 Å².